The van der Waals surface area contributed by atoms with Gasteiger partial charge in [-0.3, -0.25) is 0 Å². The Kier molecular flexibility index (Phi) is 4.10. The van der Waals surface area contributed by atoms with Gasteiger partial charge in [0.1, 0.15) is 17.3 Å². The second-order valence-corrected chi connectivity index (χ2v) is 7.35. The molecule has 2 heterocycles. The van der Waals surface area contributed by atoms with Crippen molar-refractivity contribution in [1.29, 1.82) is 0 Å². The van der Waals surface area contributed by atoms with Crippen LogP contribution in [-0.4, -0.2) is 37.3 Å². The Morgan fingerprint density at radius 1 is 1.32 bits per heavy atom. The normalized spacial score (nSPS) is 26.8. The van der Waals surface area contributed by atoms with Crippen molar-refractivity contribution in [1.82, 2.24) is 4.72 Å². The molecule has 1 aliphatic carbocycles. The highest BCUT2D eigenvalue weighted by molar-refractivity contribution is 7.98. The number of ether oxygens (including phenoxy) is 1. The fourth-order valence-electron chi connectivity index (χ4n) is 3.29. The quantitative estimate of drug-likeness (QED) is 0.626. The zero-order valence-electron chi connectivity index (χ0n) is 13.4. The fourth-order valence-corrected chi connectivity index (χ4v) is 4.13. The number of fused-ring (bicyclic) bond motifs is 1. The molecule has 3 aliphatic rings. The van der Waals surface area contributed by atoms with E-state index in [1.54, 1.807) is 0 Å². The molecule has 136 valence electrons. The topological polar surface area (TPSA) is 36.9 Å². The largest absolute Gasteiger partial charge is 0.411 e. The Hall–Kier alpha value is -1.48. The number of rotatable bonds is 2. The first kappa shape index (κ1) is 17.0. The van der Waals surface area contributed by atoms with Gasteiger partial charge in [0.05, 0.1) is 23.3 Å². The number of anilines is 1. The smallest absolute Gasteiger partial charge is 0.374 e. The lowest BCUT2D eigenvalue weighted by Gasteiger charge is -2.42. The molecule has 1 aromatic carbocycles. The van der Waals surface area contributed by atoms with Gasteiger partial charge in [0.25, 0.3) is 0 Å². The number of halogens is 4. The molecule has 2 atom stereocenters. The van der Waals surface area contributed by atoms with E-state index in [0.29, 0.717) is 16.5 Å². The average molecular weight is 375 g/mol. The molecule has 0 amide bonds. The van der Waals surface area contributed by atoms with Gasteiger partial charge in [0, 0.05) is 12.5 Å². The molecule has 9 heteroatoms. The van der Waals surface area contributed by atoms with E-state index in [2.05, 4.69) is 9.71 Å². The number of hydrogen-bond acceptors (Lipinski definition) is 5. The second kappa shape index (κ2) is 6.05. The highest BCUT2D eigenvalue weighted by Crippen LogP contribution is 2.46. The van der Waals surface area contributed by atoms with E-state index >= 15 is 0 Å². The first-order chi connectivity index (χ1) is 11.8. The molecule has 4 rings (SSSR count). The summed E-state index contributed by atoms with van der Waals surface area (Å²) in [6.45, 7) is 1.59. The van der Waals surface area contributed by atoms with E-state index in [1.165, 1.54) is 29.8 Å². The summed E-state index contributed by atoms with van der Waals surface area (Å²) < 4.78 is 63.2. The standard InChI is InChI=1S/C16H17F4N3OS/c1-8-14(16(18,19)20)23(4-5-24-8)11-6-10(17)7-12-13(11)21-15(22-25-12)9-2-3-9/h6-9,14H,2-5H2,1H3,(H,21,22). The zero-order valence-corrected chi connectivity index (χ0v) is 14.3. The Balaban J connectivity index is 1.80. The van der Waals surface area contributed by atoms with Gasteiger partial charge in [-0.25, -0.2) is 9.38 Å². The zero-order chi connectivity index (χ0) is 17.8. The van der Waals surface area contributed by atoms with Crippen LogP contribution >= 0.6 is 11.9 Å². The summed E-state index contributed by atoms with van der Waals surface area (Å²) in [7, 11) is 0. The van der Waals surface area contributed by atoms with Crippen molar-refractivity contribution in [3.63, 3.8) is 0 Å². The summed E-state index contributed by atoms with van der Waals surface area (Å²) in [5.41, 5.74) is 0.593. The van der Waals surface area contributed by atoms with Crippen LogP contribution in [0.25, 0.3) is 0 Å². The number of aliphatic imine (C=N–C) groups is 1. The van der Waals surface area contributed by atoms with Crippen LogP contribution in [0.4, 0.5) is 28.9 Å². The Labute approximate surface area is 146 Å². The SMILES string of the molecule is CC1OCCN(c2cc(F)cc3c2N=C(C2CC2)NS3)C1C(F)(F)F. The van der Waals surface area contributed by atoms with Crippen LogP contribution in [0.2, 0.25) is 0 Å². The third-order valence-electron chi connectivity index (χ3n) is 4.62. The first-order valence-corrected chi connectivity index (χ1v) is 8.96. The summed E-state index contributed by atoms with van der Waals surface area (Å²) >= 11 is 1.21. The maximum absolute atomic E-state index is 14.1. The third kappa shape index (κ3) is 3.19. The lowest BCUT2D eigenvalue weighted by atomic mass is 10.1. The number of hydrogen-bond donors (Lipinski definition) is 1. The van der Waals surface area contributed by atoms with Gasteiger partial charge in [-0.2, -0.15) is 13.2 Å². The van der Waals surface area contributed by atoms with Crippen LogP contribution in [0.3, 0.4) is 0 Å². The van der Waals surface area contributed by atoms with Crippen LogP contribution in [0.5, 0.6) is 0 Å². The van der Waals surface area contributed by atoms with Crippen molar-refractivity contribution >= 4 is 29.2 Å². The van der Waals surface area contributed by atoms with E-state index in [9.17, 15) is 17.6 Å². The van der Waals surface area contributed by atoms with Gasteiger partial charge >= 0.3 is 6.18 Å². The van der Waals surface area contributed by atoms with E-state index in [-0.39, 0.29) is 18.8 Å². The first-order valence-electron chi connectivity index (χ1n) is 8.14. The van der Waals surface area contributed by atoms with E-state index in [0.717, 1.165) is 24.7 Å². The Morgan fingerprint density at radius 2 is 2.08 bits per heavy atom. The number of nitrogens with zero attached hydrogens (tertiary/aromatic N) is 2. The summed E-state index contributed by atoms with van der Waals surface area (Å²) in [6, 6.07) is 0.623. The van der Waals surface area contributed by atoms with Gasteiger partial charge in [-0.1, -0.05) is 0 Å². The van der Waals surface area contributed by atoms with Crippen LogP contribution in [0.1, 0.15) is 19.8 Å². The minimum absolute atomic E-state index is 0.0385. The molecule has 1 N–H and O–H groups in total. The highest BCUT2D eigenvalue weighted by atomic mass is 32.2. The average Bonchev–Trinajstić information content (AvgIpc) is 3.37. The minimum Gasteiger partial charge on any atom is -0.374 e. The van der Waals surface area contributed by atoms with Crippen molar-refractivity contribution in [2.24, 2.45) is 10.9 Å². The number of alkyl halides is 3. The van der Waals surface area contributed by atoms with Gasteiger partial charge in [-0.15, -0.1) is 0 Å². The van der Waals surface area contributed by atoms with Gasteiger partial charge < -0.3 is 14.4 Å². The van der Waals surface area contributed by atoms with Gasteiger partial charge in [0.15, 0.2) is 6.04 Å². The lowest BCUT2D eigenvalue weighted by molar-refractivity contribution is -0.183. The Bertz CT molecular complexity index is 720. The maximum atomic E-state index is 14.1. The lowest BCUT2D eigenvalue weighted by Crippen LogP contribution is -2.57. The predicted octanol–water partition coefficient (Wildman–Crippen LogP) is 4.03. The maximum Gasteiger partial charge on any atom is 0.411 e. The molecule has 2 unspecified atom stereocenters. The monoisotopic (exact) mass is 375 g/mol. The van der Waals surface area contributed by atoms with E-state index in [1.807, 2.05) is 0 Å². The predicted molar refractivity (Wildman–Crippen MR) is 87.8 cm³/mol. The van der Waals surface area contributed by atoms with Crippen LogP contribution in [-0.2, 0) is 4.74 Å². The molecule has 1 saturated carbocycles. The number of nitrogens with one attached hydrogen (secondary N) is 1. The van der Waals surface area contributed by atoms with E-state index in [4.69, 9.17) is 4.74 Å². The molecule has 2 aliphatic heterocycles. The van der Waals surface area contributed by atoms with Crippen molar-refractivity contribution in [2.75, 3.05) is 18.1 Å². The molecule has 1 saturated heterocycles. The summed E-state index contributed by atoms with van der Waals surface area (Å²) in [6.07, 6.45) is -3.49. The third-order valence-corrected chi connectivity index (χ3v) is 5.46. The number of amidine groups is 1. The van der Waals surface area contributed by atoms with Gasteiger partial charge in [-0.05, 0) is 43.8 Å². The fraction of sp³-hybridized carbons (Fsp3) is 0.562. The van der Waals surface area contributed by atoms with Crippen LogP contribution < -0.4 is 9.62 Å². The molecule has 4 nitrogen and oxygen atoms in total. The van der Waals surface area contributed by atoms with Crippen molar-refractivity contribution in [3.8, 4) is 0 Å². The molecule has 0 aromatic heterocycles. The second-order valence-electron chi connectivity index (χ2n) is 6.50. The number of morpholine rings is 1. The van der Waals surface area contributed by atoms with Crippen molar-refractivity contribution in [3.05, 3.63) is 17.9 Å². The van der Waals surface area contributed by atoms with Crippen molar-refractivity contribution < 1.29 is 22.3 Å². The summed E-state index contributed by atoms with van der Waals surface area (Å²) in [4.78, 5) is 6.22. The molecule has 1 aromatic rings. The van der Waals surface area contributed by atoms with Gasteiger partial charge in [0.2, 0.25) is 0 Å². The minimum atomic E-state index is -4.48. The van der Waals surface area contributed by atoms with Crippen molar-refractivity contribution in [2.45, 2.75) is 43.0 Å². The molecular formula is C16H17F4N3OS. The molecular weight excluding hydrogens is 358 g/mol. The summed E-state index contributed by atoms with van der Waals surface area (Å²) in [5, 5.41) is 0. The number of benzene rings is 1. The van der Waals surface area contributed by atoms with Crippen LogP contribution in [0.15, 0.2) is 22.0 Å². The molecule has 25 heavy (non-hydrogen) atoms. The molecule has 0 bridgehead atoms. The molecule has 2 fully saturated rings. The van der Waals surface area contributed by atoms with Crippen LogP contribution in [0, 0.1) is 11.7 Å². The van der Waals surface area contributed by atoms with E-state index < -0.39 is 24.1 Å². The highest BCUT2D eigenvalue weighted by Gasteiger charge is 2.50. The Morgan fingerprint density at radius 3 is 2.76 bits per heavy atom. The molecule has 0 spiro atoms. The molecule has 0 radical (unpaired) electrons. The summed E-state index contributed by atoms with van der Waals surface area (Å²) in [5.74, 6) is 0.504.